The fourth-order valence-electron chi connectivity index (χ4n) is 4.62. The molecule has 0 bridgehead atoms. The largest absolute Gasteiger partial charge is 0.362 e. The number of amides is 1. The van der Waals surface area contributed by atoms with Crippen molar-refractivity contribution in [1.29, 1.82) is 0 Å². The lowest BCUT2D eigenvalue weighted by Gasteiger charge is -2.31. The molecule has 1 aliphatic heterocycles. The molecule has 0 radical (unpaired) electrons. The summed E-state index contributed by atoms with van der Waals surface area (Å²) in [5.41, 5.74) is 3.59. The van der Waals surface area contributed by atoms with Crippen molar-refractivity contribution in [2.45, 2.75) is 19.3 Å². The minimum atomic E-state index is 0.0390. The maximum atomic E-state index is 13.3. The summed E-state index contributed by atoms with van der Waals surface area (Å²) in [4.78, 5) is 30.0. The molecular weight excluding hydrogens is 410 g/mol. The molecule has 33 heavy (non-hydrogen) atoms. The number of hydrogen-bond donors (Lipinski definition) is 1. The normalized spacial score (nSPS) is 14.5. The number of carbonyl (C=O) groups excluding carboxylic acids is 1. The molecule has 1 aliphatic rings. The lowest BCUT2D eigenvalue weighted by Crippen LogP contribution is -2.39. The molecule has 0 saturated carbocycles. The van der Waals surface area contributed by atoms with Crippen LogP contribution in [0.2, 0.25) is 0 Å². The first-order chi connectivity index (χ1) is 16.1. The van der Waals surface area contributed by atoms with E-state index in [1.54, 1.807) is 0 Å². The summed E-state index contributed by atoms with van der Waals surface area (Å²) in [5, 5.41) is 0.863. The van der Waals surface area contributed by atoms with E-state index in [0.29, 0.717) is 23.1 Å². The number of nitrogens with one attached hydrogen (secondary N) is 1. The van der Waals surface area contributed by atoms with Crippen LogP contribution in [0.3, 0.4) is 0 Å². The summed E-state index contributed by atoms with van der Waals surface area (Å²) < 4.78 is 0. The summed E-state index contributed by atoms with van der Waals surface area (Å²) in [5.74, 6) is 2.11. The van der Waals surface area contributed by atoms with Crippen LogP contribution >= 0.6 is 0 Å². The number of nitrogens with zero attached hydrogens (tertiary/aromatic N) is 4. The Bertz CT molecular complexity index is 1240. The van der Waals surface area contributed by atoms with E-state index in [2.05, 4.69) is 35.3 Å². The Labute approximate surface area is 194 Å². The van der Waals surface area contributed by atoms with Crippen LogP contribution in [0.25, 0.3) is 22.4 Å². The van der Waals surface area contributed by atoms with Crippen molar-refractivity contribution in [3.8, 4) is 11.4 Å². The zero-order chi connectivity index (χ0) is 22.8. The van der Waals surface area contributed by atoms with Gasteiger partial charge in [0.2, 0.25) is 0 Å². The zero-order valence-electron chi connectivity index (χ0n) is 19.2. The van der Waals surface area contributed by atoms with E-state index in [4.69, 9.17) is 9.97 Å². The van der Waals surface area contributed by atoms with Crippen molar-refractivity contribution in [2.24, 2.45) is 5.92 Å². The van der Waals surface area contributed by atoms with Gasteiger partial charge in [0.15, 0.2) is 5.82 Å². The minimum absolute atomic E-state index is 0.0390. The highest BCUT2D eigenvalue weighted by Crippen LogP contribution is 2.29. The van der Waals surface area contributed by atoms with Gasteiger partial charge in [-0.25, -0.2) is 9.97 Å². The van der Waals surface area contributed by atoms with Crippen LogP contribution in [0.15, 0.2) is 66.7 Å². The van der Waals surface area contributed by atoms with Gasteiger partial charge in [0.05, 0.1) is 5.39 Å². The van der Waals surface area contributed by atoms with E-state index in [9.17, 15) is 4.79 Å². The van der Waals surface area contributed by atoms with Crippen molar-refractivity contribution in [2.75, 3.05) is 32.1 Å². The maximum Gasteiger partial charge on any atom is 0.270 e. The van der Waals surface area contributed by atoms with Crippen molar-refractivity contribution in [3.63, 3.8) is 0 Å². The molecule has 6 nitrogen and oxygen atoms in total. The molecular formula is C27H29N5O. The molecule has 168 valence electrons. The van der Waals surface area contributed by atoms with Crippen LogP contribution in [0.1, 0.15) is 28.9 Å². The molecule has 0 spiro atoms. The van der Waals surface area contributed by atoms with Crippen molar-refractivity contribution < 1.29 is 4.79 Å². The van der Waals surface area contributed by atoms with Crippen LogP contribution in [0.4, 0.5) is 5.82 Å². The van der Waals surface area contributed by atoms with Crippen LogP contribution in [-0.4, -0.2) is 52.9 Å². The van der Waals surface area contributed by atoms with E-state index in [-0.39, 0.29) is 5.91 Å². The first-order valence-corrected chi connectivity index (χ1v) is 11.5. The quantitative estimate of drug-likeness (QED) is 0.486. The predicted molar refractivity (Wildman–Crippen MR) is 132 cm³/mol. The fraction of sp³-hybridized carbons (Fsp3) is 0.296. The summed E-state index contributed by atoms with van der Waals surface area (Å²) in [6.45, 7) is 1.57. The number of anilines is 1. The molecule has 1 N–H and O–H groups in total. The van der Waals surface area contributed by atoms with Crippen LogP contribution in [-0.2, 0) is 6.42 Å². The smallest absolute Gasteiger partial charge is 0.270 e. The lowest BCUT2D eigenvalue weighted by atomic mass is 9.90. The molecule has 3 heterocycles. The molecule has 1 amide bonds. The monoisotopic (exact) mass is 439 g/mol. The Morgan fingerprint density at radius 1 is 1.00 bits per heavy atom. The van der Waals surface area contributed by atoms with Crippen LogP contribution < -0.4 is 4.90 Å². The molecule has 1 saturated heterocycles. The van der Waals surface area contributed by atoms with Crippen molar-refractivity contribution in [3.05, 3.63) is 78.0 Å². The summed E-state index contributed by atoms with van der Waals surface area (Å²) >= 11 is 0. The molecule has 0 unspecified atom stereocenters. The third kappa shape index (κ3) is 4.46. The summed E-state index contributed by atoms with van der Waals surface area (Å²) in [7, 11) is 3.92. The minimum Gasteiger partial charge on any atom is -0.362 e. The Morgan fingerprint density at radius 3 is 2.33 bits per heavy atom. The second kappa shape index (κ2) is 9.06. The lowest BCUT2D eigenvalue weighted by molar-refractivity contribution is 0.0685. The first-order valence-electron chi connectivity index (χ1n) is 11.5. The van der Waals surface area contributed by atoms with Gasteiger partial charge in [-0.1, -0.05) is 60.7 Å². The van der Waals surface area contributed by atoms with Gasteiger partial charge in [-0.05, 0) is 36.8 Å². The number of fused-ring (bicyclic) bond motifs is 1. The number of rotatable bonds is 5. The highest BCUT2D eigenvalue weighted by molar-refractivity contribution is 6.00. The van der Waals surface area contributed by atoms with Gasteiger partial charge >= 0.3 is 0 Å². The second-order valence-electron chi connectivity index (χ2n) is 9.00. The molecule has 2 aromatic heterocycles. The molecule has 5 rings (SSSR count). The van der Waals surface area contributed by atoms with Gasteiger partial charge in [0.1, 0.15) is 17.2 Å². The highest BCUT2D eigenvalue weighted by Gasteiger charge is 2.26. The van der Waals surface area contributed by atoms with E-state index < -0.39 is 0 Å². The number of aromatic amines is 1. The van der Waals surface area contributed by atoms with Gasteiger partial charge in [0.25, 0.3) is 5.91 Å². The number of benzene rings is 2. The Hall–Kier alpha value is -3.67. The zero-order valence-corrected chi connectivity index (χ0v) is 19.2. The van der Waals surface area contributed by atoms with Crippen molar-refractivity contribution in [1.82, 2.24) is 19.9 Å². The van der Waals surface area contributed by atoms with Gasteiger partial charge in [-0.3, -0.25) is 4.79 Å². The fourth-order valence-corrected chi connectivity index (χ4v) is 4.62. The summed E-state index contributed by atoms with van der Waals surface area (Å²) in [6.07, 6.45) is 3.14. The van der Waals surface area contributed by atoms with E-state index in [0.717, 1.165) is 49.1 Å². The van der Waals surface area contributed by atoms with E-state index in [1.807, 2.05) is 60.3 Å². The van der Waals surface area contributed by atoms with Crippen LogP contribution in [0.5, 0.6) is 0 Å². The van der Waals surface area contributed by atoms with Gasteiger partial charge in [-0.15, -0.1) is 0 Å². The number of piperidine rings is 1. The van der Waals surface area contributed by atoms with E-state index in [1.165, 1.54) is 5.56 Å². The first kappa shape index (κ1) is 21.2. The van der Waals surface area contributed by atoms with E-state index >= 15 is 0 Å². The topological polar surface area (TPSA) is 65.1 Å². The molecule has 0 aliphatic carbocycles. The molecule has 6 heteroatoms. The number of carbonyl (C=O) groups is 1. The number of likely N-dealkylation sites (tertiary alicyclic amines) is 1. The summed E-state index contributed by atoms with van der Waals surface area (Å²) in [6, 6.07) is 22.4. The third-order valence-corrected chi connectivity index (χ3v) is 6.42. The highest BCUT2D eigenvalue weighted by atomic mass is 16.2. The van der Waals surface area contributed by atoms with Crippen molar-refractivity contribution >= 4 is 22.8 Å². The standard InChI is InChI=1S/C27H29N5O/c1-31(2)26-22-18-23(28-25(22)29-24(30-26)21-11-7-4-8-12-21)27(33)32-15-13-20(14-16-32)17-19-9-5-3-6-10-19/h3-12,18,20H,13-17H2,1-2H3,(H,28,29,30). The molecule has 4 aromatic rings. The maximum absolute atomic E-state index is 13.3. The van der Waals surface area contributed by atoms with Crippen LogP contribution in [0, 0.1) is 5.92 Å². The number of aromatic nitrogens is 3. The Morgan fingerprint density at radius 2 is 1.67 bits per heavy atom. The predicted octanol–water partition coefficient (Wildman–Crippen LogP) is 4.79. The average molecular weight is 440 g/mol. The Balaban J connectivity index is 1.35. The SMILES string of the molecule is CN(C)c1nc(-c2ccccc2)nc2[nH]c(C(=O)N3CCC(Cc4ccccc4)CC3)cc12. The Kier molecular flexibility index (Phi) is 5.82. The third-order valence-electron chi connectivity index (χ3n) is 6.42. The average Bonchev–Trinajstić information content (AvgIpc) is 3.29. The number of hydrogen-bond acceptors (Lipinski definition) is 4. The molecule has 1 fully saturated rings. The van der Waals surface area contributed by atoms with Gasteiger partial charge < -0.3 is 14.8 Å². The van der Waals surface area contributed by atoms with Gasteiger partial charge in [-0.2, -0.15) is 0 Å². The molecule has 2 aromatic carbocycles. The number of H-pyrrole nitrogens is 1. The second-order valence-corrected chi connectivity index (χ2v) is 9.00. The molecule has 0 atom stereocenters. The van der Waals surface area contributed by atoms with Gasteiger partial charge in [0, 0.05) is 32.7 Å².